The zero-order valence-electron chi connectivity index (χ0n) is 12.8. The maximum Gasteiger partial charge on any atom is 0.341 e. The molecule has 0 radical (unpaired) electrons. The fraction of sp³-hybridized carbons (Fsp3) is 0.294. The minimum Gasteiger partial charge on any atom is -0.384 e. The SMILES string of the molecule is O=S(=O)(c1ccc(NCC2(Sc3ccccc3)CC2)cc1)C(F)F. The third-order valence-corrected chi connectivity index (χ3v) is 6.81. The summed E-state index contributed by atoms with van der Waals surface area (Å²) in [6.07, 6.45) is 2.22. The van der Waals surface area contributed by atoms with Crippen LogP contribution < -0.4 is 5.32 Å². The van der Waals surface area contributed by atoms with Gasteiger partial charge in [-0.3, -0.25) is 0 Å². The van der Waals surface area contributed by atoms with Crippen LogP contribution in [0.25, 0.3) is 0 Å². The van der Waals surface area contributed by atoms with Crippen molar-refractivity contribution in [1.82, 2.24) is 0 Å². The zero-order valence-corrected chi connectivity index (χ0v) is 14.4. The molecule has 0 aliphatic heterocycles. The second-order valence-electron chi connectivity index (χ2n) is 5.78. The average Bonchev–Trinajstić information content (AvgIpc) is 3.34. The van der Waals surface area contributed by atoms with Crippen molar-refractivity contribution in [2.24, 2.45) is 0 Å². The Balaban J connectivity index is 1.61. The Morgan fingerprint density at radius 1 is 1.04 bits per heavy atom. The van der Waals surface area contributed by atoms with E-state index in [1.165, 1.54) is 29.2 Å². The number of hydrogen-bond donors (Lipinski definition) is 1. The number of nitrogens with one attached hydrogen (secondary N) is 1. The van der Waals surface area contributed by atoms with Crippen LogP contribution in [0.15, 0.2) is 64.4 Å². The highest BCUT2D eigenvalue weighted by Crippen LogP contribution is 2.51. The van der Waals surface area contributed by atoms with Gasteiger partial charge < -0.3 is 5.32 Å². The second kappa shape index (κ2) is 6.72. The number of halogens is 2. The lowest BCUT2D eigenvalue weighted by molar-refractivity contribution is 0.234. The fourth-order valence-corrected chi connectivity index (χ4v) is 4.29. The summed E-state index contributed by atoms with van der Waals surface area (Å²) in [6.45, 7) is 0.744. The molecule has 1 saturated carbocycles. The summed E-state index contributed by atoms with van der Waals surface area (Å²) in [5, 5.41) is 3.27. The maximum absolute atomic E-state index is 12.5. The average molecular weight is 369 g/mol. The van der Waals surface area contributed by atoms with Gasteiger partial charge in [0.15, 0.2) is 0 Å². The summed E-state index contributed by atoms with van der Waals surface area (Å²) in [5.41, 5.74) is 0.725. The first-order chi connectivity index (χ1) is 11.4. The minimum absolute atomic E-state index is 0.148. The van der Waals surface area contributed by atoms with Crippen molar-refractivity contribution < 1.29 is 17.2 Å². The van der Waals surface area contributed by atoms with Gasteiger partial charge in [-0.2, -0.15) is 8.78 Å². The van der Waals surface area contributed by atoms with Gasteiger partial charge in [0.05, 0.1) is 4.90 Å². The van der Waals surface area contributed by atoms with E-state index >= 15 is 0 Å². The van der Waals surface area contributed by atoms with E-state index in [2.05, 4.69) is 17.4 Å². The van der Waals surface area contributed by atoms with Gasteiger partial charge in [-0.15, -0.1) is 11.8 Å². The summed E-state index contributed by atoms with van der Waals surface area (Å²) in [6, 6.07) is 15.6. The number of benzene rings is 2. The Bertz CT molecular complexity index is 789. The molecule has 1 aliphatic carbocycles. The molecule has 0 atom stereocenters. The quantitative estimate of drug-likeness (QED) is 0.785. The van der Waals surface area contributed by atoms with Gasteiger partial charge in [-0.1, -0.05) is 18.2 Å². The molecule has 0 amide bonds. The molecule has 0 spiro atoms. The maximum atomic E-state index is 12.5. The highest BCUT2D eigenvalue weighted by atomic mass is 32.2. The van der Waals surface area contributed by atoms with Gasteiger partial charge in [0, 0.05) is 21.9 Å². The van der Waals surface area contributed by atoms with Crippen molar-refractivity contribution in [3.8, 4) is 0 Å². The second-order valence-corrected chi connectivity index (χ2v) is 9.24. The summed E-state index contributed by atoms with van der Waals surface area (Å²) in [4.78, 5) is 0.859. The van der Waals surface area contributed by atoms with E-state index in [-0.39, 0.29) is 9.64 Å². The third-order valence-electron chi connectivity index (χ3n) is 3.92. The molecule has 1 aliphatic rings. The highest BCUT2D eigenvalue weighted by molar-refractivity contribution is 8.01. The third kappa shape index (κ3) is 3.89. The van der Waals surface area contributed by atoms with Crippen LogP contribution in [0.1, 0.15) is 12.8 Å². The number of alkyl halides is 2. The molecule has 3 rings (SSSR count). The largest absolute Gasteiger partial charge is 0.384 e. The molecular weight excluding hydrogens is 352 g/mol. The van der Waals surface area contributed by atoms with Crippen LogP contribution in [0.4, 0.5) is 14.5 Å². The number of sulfone groups is 1. The van der Waals surface area contributed by atoms with Gasteiger partial charge in [-0.25, -0.2) is 8.42 Å². The number of thioether (sulfide) groups is 1. The molecule has 7 heteroatoms. The van der Waals surface area contributed by atoms with Gasteiger partial charge in [-0.05, 0) is 49.2 Å². The molecule has 0 heterocycles. The molecule has 2 aromatic rings. The summed E-state index contributed by atoms with van der Waals surface area (Å²) >= 11 is 1.83. The Hall–Kier alpha value is -1.60. The molecular formula is C17H17F2NO2S2. The monoisotopic (exact) mass is 369 g/mol. The normalized spacial score (nSPS) is 16.1. The molecule has 1 N–H and O–H groups in total. The fourth-order valence-electron chi connectivity index (χ4n) is 2.32. The summed E-state index contributed by atoms with van der Waals surface area (Å²) in [5.74, 6) is -3.40. The standard InChI is InChI=1S/C17H17F2NO2S2/c18-16(19)24(21,22)15-8-6-13(7-9-15)20-12-17(10-11-17)23-14-4-2-1-3-5-14/h1-9,16,20H,10-12H2. The van der Waals surface area contributed by atoms with Gasteiger partial charge in [0.2, 0.25) is 9.84 Å². The molecule has 0 saturated heterocycles. The summed E-state index contributed by atoms with van der Waals surface area (Å²) in [7, 11) is -4.53. The lowest BCUT2D eigenvalue weighted by Gasteiger charge is -2.17. The van der Waals surface area contributed by atoms with E-state index in [1.807, 2.05) is 30.0 Å². The van der Waals surface area contributed by atoms with Crippen molar-refractivity contribution in [2.75, 3.05) is 11.9 Å². The Morgan fingerprint density at radius 3 is 2.21 bits per heavy atom. The van der Waals surface area contributed by atoms with Crippen LogP contribution in [-0.2, 0) is 9.84 Å². The minimum atomic E-state index is -4.53. The van der Waals surface area contributed by atoms with Gasteiger partial charge in [0.1, 0.15) is 0 Å². The van der Waals surface area contributed by atoms with E-state index in [0.29, 0.717) is 0 Å². The molecule has 128 valence electrons. The van der Waals surface area contributed by atoms with Gasteiger partial charge in [0.25, 0.3) is 0 Å². The Labute approximate surface area is 144 Å². The first-order valence-corrected chi connectivity index (χ1v) is 9.88. The lowest BCUT2D eigenvalue weighted by atomic mass is 10.3. The number of rotatable bonds is 7. The van der Waals surface area contributed by atoms with Crippen LogP contribution in [-0.4, -0.2) is 25.5 Å². The van der Waals surface area contributed by atoms with Crippen molar-refractivity contribution in [3.63, 3.8) is 0 Å². The molecule has 0 unspecified atom stereocenters. The zero-order chi connectivity index (χ0) is 17.2. The van der Waals surface area contributed by atoms with E-state index in [9.17, 15) is 17.2 Å². The molecule has 0 bridgehead atoms. The first-order valence-electron chi connectivity index (χ1n) is 7.51. The van der Waals surface area contributed by atoms with Crippen LogP contribution in [0, 0.1) is 0 Å². The predicted octanol–water partition coefficient (Wildman–Crippen LogP) is 4.42. The topological polar surface area (TPSA) is 46.2 Å². The molecule has 3 nitrogen and oxygen atoms in total. The van der Waals surface area contributed by atoms with Crippen molar-refractivity contribution in [3.05, 3.63) is 54.6 Å². The van der Waals surface area contributed by atoms with Crippen LogP contribution in [0.5, 0.6) is 0 Å². The number of anilines is 1. The molecule has 24 heavy (non-hydrogen) atoms. The smallest absolute Gasteiger partial charge is 0.341 e. The first kappa shape index (κ1) is 17.2. The molecule has 1 fully saturated rings. The van der Waals surface area contributed by atoms with E-state index in [0.717, 1.165) is 25.1 Å². The van der Waals surface area contributed by atoms with Crippen molar-refractivity contribution in [2.45, 2.75) is 33.1 Å². The van der Waals surface area contributed by atoms with Crippen LogP contribution in [0.3, 0.4) is 0 Å². The van der Waals surface area contributed by atoms with Crippen molar-refractivity contribution >= 4 is 27.3 Å². The highest BCUT2D eigenvalue weighted by Gasteiger charge is 2.43. The Morgan fingerprint density at radius 2 is 1.67 bits per heavy atom. The Kier molecular flexibility index (Phi) is 4.83. The summed E-state index contributed by atoms with van der Waals surface area (Å²) < 4.78 is 48.0. The van der Waals surface area contributed by atoms with Gasteiger partial charge >= 0.3 is 5.76 Å². The van der Waals surface area contributed by atoms with Crippen molar-refractivity contribution in [1.29, 1.82) is 0 Å². The molecule has 0 aromatic heterocycles. The van der Waals surface area contributed by atoms with E-state index in [1.54, 1.807) is 0 Å². The predicted molar refractivity (Wildman–Crippen MR) is 92.4 cm³/mol. The molecule has 2 aromatic carbocycles. The van der Waals surface area contributed by atoms with Crippen LogP contribution >= 0.6 is 11.8 Å². The van der Waals surface area contributed by atoms with E-state index < -0.39 is 15.6 Å². The van der Waals surface area contributed by atoms with E-state index in [4.69, 9.17) is 0 Å². The number of hydrogen-bond acceptors (Lipinski definition) is 4. The van der Waals surface area contributed by atoms with Crippen LogP contribution in [0.2, 0.25) is 0 Å². The lowest BCUT2D eigenvalue weighted by Crippen LogP contribution is -2.18.